The zero-order chi connectivity index (χ0) is 13.5. The maximum Gasteiger partial charge on any atom is 0.0842 e. The Bertz CT molecular complexity index is 682. The molecule has 20 heavy (non-hydrogen) atoms. The van der Waals surface area contributed by atoms with Crippen molar-refractivity contribution in [1.29, 1.82) is 0 Å². The number of hydrogen-bond donors (Lipinski definition) is 1. The molecule has 4 heteroatoms. The quantitative estimate of drug-likeness (QED) is 0.812. The molecule has 3 heterocycles. The summed E-state index contributed by atoms with van der Waals surface area (Å²) in [6.07, 6.45) is 5.73. The van der Waals surface area contributed by atoms with Crippen LogP contribution in [0.2, 0.25) is 0 Å². The smallest absolute Gasteiger partial charge is 0.0842 e. The van der Waals surface area contributed by atoms with Crippen molar-refractivity contribution in [2.24, 2.45) is 0 Å². The van der Waals surface area contributed by atoms with Crippen molar-refractivity contribution in [2.75, 3.05) is 23.3 Å². The number of anilines is 2. The lowest BCUT2D eigenvalue weighted by Gasteiger charge is -2.19. The normalized spacial score (nSPS) is 16.6. The van der Waals surface area contributed by atoms with Crippen LogP contribution in [0.5, 0.6) is 0 Å². The largest absolute Gasteiger partial charge is 0.383 e. The van der Waals surface area contributed by atoms with E-state index in [1.807, 2.05) is 18.5 Å². The number of aromatic nitrogens is 1. The first-order chi connectivity index (χ1) is 9.83. The first kappa shape index (κ1) is 11.9. The number of hydrogen-bond acceptors (Lipinski definition) is 3. The first-order valence-electron chi connectivity index (χ1n) is 6.94. The number of thiocarbonyl (C=S) groups is 1. The number of nitrogens with zero attached hydrogens (tertiary/aromatic N) is 2. The molecular weight excluding hydrogens is 266 g/mol. The van der Waals surface area contributed by atoms with Gasteiger partial charge in [-0.25, -0.2) is 0 Å². The summed E-state index contributed by atoms with van der Waals surface area (Å²) < 4.78 is 0. The Morgan fingerprint density at radius 3 is 3.00 bits per heavy atom. The van der Waals surface area contributed by atoms with Crippen LogP contribution in [-0.2, 0) is 6.42 Å². The van der Waals surface area contributed by atoms with Gasteiger partial charge in [-0.05, 0) is 35.7 Å². The molecule has 2 aliphatic heterocycles. The van der Waals surface area contributed by atoms with Crippen LogP contribution in [0, 0.1) is 0 Å². The van der Waals surface area contributed by atoms with Crippen molar-refractivity contribution in [3.05, 3.63) is 42.2 Å². The van der Waals surface area contributed by atoms with Gasteiger partial charge < -0.3 is 10.2 Å². The monoisotopic (exact) mass is 281 g/mol. The van der Waals surface area contributed by atoms with Gasteiger partial charge in [-0.3, -0.25) is 4.98 Å². The highest BCUT2D eigenvalue weighted by Crippen LogP contribution is 2.41. The molecule has 2 aromatic rings. The topological polar surface area (TPSA) is 28.2 Å². The first-order valence-corrected chi connectivity index (χ1v) is 7.35. The molecule has 0 unspecified atom stereocenters. The minimum absolute atomic E-state index is 0.915. The highest BCUT2D eigenvalue weighted by Gasteiger charge is 2.28. The van der Waals surface area contributed by atoms with Crippen LogP contribution in [-0.4, -0.2) is 23.1 Å². The second-order valence-corrected chi connectivity index (χ2v) is 5.72. The Balaban J connectivity index is 1.88. The Hall–Kier alpha value is -1.94. The van der Waals surface area contributed by atoms with Crippen LogP contribution in [0.25, 0.3) is 11.1 Å². The fraction of sp³-hybridized carbons (Fsp3) is 0.250. The molecular formula is C16H15N3S. The summed E-state index contributed by atoms with van der Waals surface area (Å²) in [6.45, 7) is 1.93. The second kappa shape index (κ2) is 4.56. The fourth-order valence-electron chi connectivity index (χ4n) is 3.07. The Morgan fingerprint density at radius 1 is 1.20 bits per heavy atom. The molecule has 0 spiro atoms. The third-order valence-corrected chi connectivity index (χ3v) is 4.44. The minimum atomic E-state index is 0.915. The van der Waals surface area contributed by atoms with E-state index in [1.165, 1.54) is 28.1 Å². The lowest BCUT2D eigenvalue weighted by Crippen LogP contribution is -2.26. The number of rotatable bonds is 1. The predicted molar refractivity (Wildman–Crippen MR) is 86.4 cm³/mol. The van der Waals surface area contributed by atoms with Crippen molar-refractivity contribution in [3.63, 3.8) is 0 Å². The molecule has 0 amide bonds. The van der Waals surface area contributed by atoms with E-state index in [-0.39, 0.29) is 0 Å². The van der Waals surface area contributed by atoms with E-state index < -0.39 is 0 Å². The van der Waals surface area contributed by atoms with Crippen LogP contribution >= 0.6 is 12.2 Å². The van der Waals surface area contributed by atoms with E-state index in [2.05, 4.69) is 33.4 Å². The van der Waals surface area contributed by atoms with Crippen molar-refractivity contribution < 1.29 is 0 Å². The summed E-state index contributed by atoms with van der Waals surface area (Å²) in [7, 11) is 0. The Labute approximate surface area is 123 Å². The van der Waals surface area contributed by atoms with Gasteiger partial charge in [-0.1, -0.05) is 18.3 Å². The molecule has 1 aromatic heterocycles. The van der Waals surface area contributed by atoms with Gasteiger partial charge in [0, 0.05) is 37.5 Å². The zero-order valence-corrected chi connectivity index (χ0v) is 11.9. The van der Waals surface area contributed by atoms with Gasteiger partial charge in [0.25, 0.3) is 0 Å². The van der Waals surface area contributed by atoms with Gasteiger partial charge >= 0.3 is 0 Å². The van der Waals surface area contributed by atoms with Gasteiger partial charge in [0.15, 0.2) is 0 Å². The van der Waals surface area contributed by atoms with Crippen LogP contribution in [0.1, 0.15) is 12.0 Å². The molecule has 4 rings (SSSR count). The maximum atomic E-state index is 5.52. The lowest BCUT2D eigenvalue weighted by atomic mass is 10.0. The highest BCUT2D eigenvalue weighted by atomic mass is 32.1. The minimum Gasteiger partial charge on any atom is -0.383 e. The van der Waals surface area contributed by atoms with Gasteiger partial charge in [0.05, 0.1) is 16.4 Å². The summed E-state index contributed by atoms with van der Waals surface area (Å²) in [6, 6.07) is 8.60. The summed E-state index contributed by atoms with van der Waals surface area (Å²) in [4.78, 5) is 7.58. The van der Waals surface area contributed by atoms with Crippen LogP contribution in [0.4, 0.5) is 11.4 Å². The van der Waals surface area contributed by atoms with E-state index in [9.17, 15) is 0 Å². The SMILES string of the molecule is S=C1CCNc2cc(-c3cccnc3)cc3c2N1CC3. The number of nitrogens with one attached hydrogen (secondary N) is 1. The molecule has 0 atom stereocenters. The molecule has 0 saturated carbocycles. The lowest BCUT2D eigenvalue weighted by molar-refractivity contribution is 1.01. The van der Waals surface area contributed by atoms with Crippen LogP contribution in [0.3, 0.4) is 0 Å². The molecule has 1 N–H and O–H groups in total. The van der Waals surface area contributed by atoms with Crippen molar-refractivity contribution >= 4 is 28.6 Å². The molecule has 0 aliphatic carbocycles. The maximum absolute atomic E-state index is 5.52. The predicted octanol–water partition coefficient (Wildman–Crippen LogP) is 3.25. The van der Waals surface area contributed by atoms with Gasteiger partial charge in [-0.2, -0.15) is 0 Å². The van der Waals surface area contributed by atoms with Crippen LogP contribution in [0.15, 0.2) is 36.7 Å². The van der Waals surface area contributed by atoms with E-state index >= 15 is 0 Å². The van der Waals surface area contributed by atoms with Gasteiger partial charge in [0.1, 0.15) is 0 Å². The molecule has 1 aromatic carbocycles. The zero-order valence-electron chi connectivity index (χ0n) is 11.1. The number of benzene rings is 1. The van der Waals surface area contributed by atoms with Gasteiger partial charge in [0.2, 0.25) is 0 Å². The van der Waals surface area contributed by atoms with Crippen molar-refractivity contribution in [1.82, 2.24) is 4.98 Å². The summed E-state index contributed by atoms with van der Waals surface area (Å²) in [5.41, 5.74) is 6.28. The fourth-order valence-corrected chi connectivity index (χ4v) is 3.36. The van der Waals surface area contributed by atoms with E-state index in [0.717, 1.165) is 30.9 Å². The molecule has 2 aliphatic rings. The molecule has 0 fully saturated rings. The molecule has 0 saturated heterocycles. The number of pyridine rings is 1. The Kier molecular flexibility index (Phi) is 2.70. The Morgan fingerprint density at radius 2 is 2.15 bits per heavy atom. The van der Waals surface area contributed by atoms with E-state index in [4.69, 9.17) is 12.2 Å². The highest BCUT2D eigenvalue weighted by molar-refractivity contribution is 7.80. The van der Waals surface area contributed by atoms with E-state index in [1.54, 1.807) is 0 Å². The van der Waals surface area contributed by atoms with E-state index in [0.29, 0.717) is 0 Å². The molecule has 0 bridgehead atoms. The summed E-state index contributed by atoms with van der Waals surface area (Å²) >= 11 is 5.52. The molecule has 3 nitrogen and oxygen atoms in total. The second-order valence-electron chi connectivity index (χ2n) is 5.25. The molecule has 0 radical (unpaired) electrons. The van der Waals surface area contributed by atoms with Crippen molar-refractivity contribution in [3.8, 4) is 11.1 Å². The summed E-state index contributed by atoms with van der Waals surface area (Å²) in [5, 5.41) is 3.53. The van der Waals surface area contributed by atoms with Gasteiger partial charge in [-0.15, -0.1) is 0 Å². The van der Waals surface area contributed by atoms with Crippen LogP contribution < -0.4 is 10.2 Å². The third-order valence-electron chi connectivity index (χ3n) is 4.01. The molecule has 100 valence electrons. The third kappa shape index (κ3) is 1.79. The van der Waals surface area contributed by atoms with Crippen molar-refractivity contribution in [2.45, 2.75) is 12.8 Å². The summed E-state index contributed by atoms with van der Waals surface area (Å²) in [5.74, 6) is 0. The average molecular weight is 281 g/mol. The average Bonchev–Trinajstić information content (AvgIpc) is 2.84. The standard InChI is InChI=1S/C16H15N3S/c20-15-3-6-18-14-9-13(12-2-1-5-17-10-12)8-11-4-7-19(15)16(11)14/h1-2,5,8-10,18H,3-4,6-7H2.